The molecule has 1 aliphatic heterocycles. The lowest BCUT2D eigenvalue weighted by atomic mass is 9.83. The first-order valence-corrected chi connectivity index (χ1v) is 9.78. The van der Waals surface area contributed by atoms with Gasteiger partial charge in [0.1, 0.15) is 0 Å². The molecule has 4 nitrogen and oxygen atoms in total. The van der Waals surface area contributed by atoms with E-state index in [0.29, 0.717) is 11.4 Å². The highest BCUT2D eigenvalue weighted by atomic mass is 32.2. The molecule has 1 atom stereocenters. The van der Waals surface area contributed by atoms with Gasteiger partial charge in [0, 0.05) is 19.0 Å². The zero-order chi connectivity index (χ0) is 15.6. The zero-order valence-corrected chi connectivity index (χ0v) is 13.6. The van der Waals surface area contributed by atoms with E-state index in [4.69, 9.17) is 0 Å². The SMILES string of the molecule is O=C(C1CCC1)N1CCCC(CS(=O)(=O)c2ccccc2)C1. The Morgan fingerprint density at radius 1 is 1.09 bits per heavy atom. The molecule has 1 aromatic rings. The number of likely N-dealkylation sites (tertiary alicyclic amines) is 1. The lowest BCUT2D eigenvalue weighted by Crippen LogP contribution is -2.45. The van der Waals surface area contributed by atoms with Gasteiger partial charge in [-0.2, -0.15) is 0 Å². The summed E-state index contributed by atoms with van der Waals surface area (Å²) in [4.78, 5) is 14.6. The van der Waals surface area contributed by atoms with E-state index in [1.165, 1.54) is 0 Å². The normalized spacial score (nSPS) is 23.1. The molecule has 1 amide bonds. The van der Waals surface area contributed by atoms with Gasteiger partial charge in [-0.15, -0.1) is 0 Å². The zero-order valence-electron chi connectivity index (χ0n) is 12.8. The van der Waals surface area contributed by atoms with Gasteiger partial charge in [-0.3, -0.25) is 4.79 Å². The maximum atomic E-state index is 12.5. The van der Waals surface area contributed by atoms with E-state index in [-0.39, 0.29) is 23.5 Å². The van der Waals surface area contributed by atoms with Crippen molar-refractivity contribution < 1.29 is 13.2 Å². The second-order valence-corrected chi connectivity index (χ2v) is 8.55. The van der Waals surface area contributed by atoms with E-state index in [0.717, 1.165) is 38.6 Å². The maximum Gasteiger partial charge on any atom is 0.225 e. The van der Waals surface area contributed by atoms with Crippen LogP contribution in [0.5, 0.6) is 0 Å². The molecule has 5 heteroatoms. The summed E-state index contributed by atoms with van der Waals surface area (Å²) in [6.45, 7) is 1.39. The average molecular weight is 321 g/mol. The third-order valence-electron chi connectivity index (χ3n) is 4.84. The van der Waals surface area contributed by atoms with Crippen LogP contribution < -0.4 is 0 Å². The summed E-state index contributed by atoms with van der Waals surface area (Å²) in [6, 6.07) is 8.61. The monoisotopic (exact) mass is 321 g/mol. The molecule has 1 heterocycles. The van der Waals surface area contributed by atoms with Gasteiger partial charge in [-0.25, -0.2) is 8.42 Å². The van der Waals surface area contributed by atoms with Crippen molar-refractivity contribution in [3.63, 3.8) is 0 Å². The predicted molar refractivity (Wildman–Crippen MR) is 85.1 cm³/mol. The first-order valence-electron chi connectivity index (χ1n) is 8.13. The van der Waals surface area contributed by atoms with Crippen LogP contribution in [0.3, 0.4) is 0 Å². The molecule has 0 spiro atoms. The van der Waals surface area contributed by atoms with E-state index >= 15 is 0 Å². The summed E-state index contributed by atoms with van der Waals surface area (Å²) in [5, 5.41) is 0. The Morgan fingerprint density at radius 3 is 2.45 bits per heavy atom. The summed E-state index contributed by atoms with van der Waals surface area (Å²) in [5.74, 6) is 0.645. The minimum atomic E-state index is -3.26. The summed E-state index contributed by atoms with van der Waals surface area (Å²) in [7, 11) is -3.26. The van der Waals surface area contributed by atoms with Crippen LogP contribution in [-0.4, -0.2) is 38.1 Å². The fraction of sp³-hybridized carbons (Fsp3) is 0.588. The van der Waals surface area contributed by atoms with E-state index in [1.807, 2.05) is 11.0 Å². The fourth-order valence-corrected chi connectivity index (χ4v) is 5.01. The van der Waals surface area contributed by atoms with Crippen LogP contribution in [0.2, 0.25) is 0 Å². The molecule has 120 valence electrons. The molecule has 0 radical (unpaired) electrons. The van der Waals surface area contributed by atoms with Crippen LogP contribution in [0.4, 0.5) is 0 Å². The van der Waals surface area contributed by atoms with Crippen molar-refractivity contribution in [2.24, 2.45) is 11.8 Å². The minimum absolute atomic E-state index is 0.0583. The van der Waals surface area contributed by atoms with E-state index in [1.54, 1.807) is 24.3 Å². The molecule has 1 unspecified atom stereocenters. The van der Waals surface area contributed by atoms with Crippen molar-refractivity contribution in [1.82, 2.24) is 4.90 Å². The topological polar surface area (TPSA) is 54.5 Å². The highest BCUT2D eigenvalue weighted by Crippen LogP contribution is 2.30. The van der Waals surface area contributed by atoms with Gasteiger partial charge in [0.25, 0.3) is 0 Å². The molecular formula is C17H23NO3S. The second kappa shape index (κ2) is 6.41. The number of amides is 1. The Bertz CT molecular complexity index is 623. The van der Waals surface area contributed by atoms with Gasteiger partial charge in [0.2, 0.25) is 5.91 Å². The number of carbonyl (C=O) groups excluding carboxylic acids is 1. The number of rotatable bonds is 4. The number of hydrogen-bond acceptors (Lipinski definition) is 3. The van der Waals surface area contributed by atoms with Crippen molar-refractivity contribution in [2.45, 2.75) is 37.0 Å². The van der Waals surface area contributed by atoms with Crippen LogP contribution >= 0.6 is 0 Å². The summed E-state index contributed by atoms with van der Waals surface area (Å²) < 4.78 is 24.9. The Hall–Kier alpha value is -1.36. The smallest absolute Gasteiger partial charge is 0.225 e. The lowest BCUT2D eigenvalue weighted by Gasteiger charge is -2.37. The summed E-state index contributed by atoms with van der Waals surface area (Å²) in [6.07, 6.45) is 4.95. The second-order valence-electron chi connectivity index (χ2n) is 6.51. The van der Waals surface area contributed by atoms with Crippen molar-refractivity contribution in [1.29, 1.82) is 0 Å². The van der Waals surface area contributed by atoms with Gasteiger partial charge in [0.05, 0.1) is 10.6 Å². The Morgan fingerprint density at radius 2 is 1.82 bits per heavy atom. The third kappa shape index (κ3) is 3.35. The molecule has 2 aliphatic rings. The van der Waals surface area contributed by atoms with Crippen molar-refractivity contribution in [3.8, 4) is 0 Å². The minimum Gasteiger partial charge on any atom is -0.342 e. The number of benzene rings is 1. The lowest BCUT2D eigenvalue weighted by molar-refractivity contribution is -0.139. The van der Waals surface area contributed by atoms with Gasteiger partial charge in [0.15, 0.2) is 9.84 Å². The van der Waals surface area contributed by atoms with Crippen LogP contribution in [0, 0.1) is 11.8 Å². The quantitative estimate of drug-likeness (QED) is 0.856. The molecule has 22 heavy (non-hydrogen) atoms. The van der Waals surface area contributed by atoms with Crippen molar-refractivity contribution in [2.75, 3.05) is 18.8 Å². The van der Waals surface area contributed by atoms with Crippen LogP contribution in [0.15, 0.2) is 35.2 Å². The Kier molecular flexibility index (Phi) is 4.52. The summed E-state index contributed by atoms with van der Waals surface area (Å²) in [5.41, 5.74) is 0. The predicted octanol–water partition coefficient (Wildman–Crippen LogP) is 2.50. The maximum absolute atomic E-state index is 12.5. The Labute approximate surface area is 132 Å². The van der Waals surface area contributed by atoms with E-state index < -0.39 is 9.84 Å². The number of nitrogens with zero attached hydrogens (tertiary/aromatic N) is 1. The van der Waals surface area contributed by atoms with Crippen LogP contribution in [0.1, 0.15) is 32.1 Å². The fourth-order valence-electron chi connectivity index (χ4n) is 3.35. The van der Waals surface area contributed by atoms with E-state index in [9.17, 15) is 13.2 Å². The molecule has 0 aromatic heterocycles. The van der Waals surface area contributed by atoms with Crippen molar-refractivity contribution >= 4 is 15.7 Å². The Balaban J connectivity index is 1.64. The van der Waals surface area contributed by atoms with Gasteiger partial charge in [-0.1, -0.05) is 24.6 Å². The van der Waals surface area contributed by atoms with Gasteiger partial charge < -0.3 is 4.90 Å². The number of carbonyl (C=O) groups is 1. The van der Waals surface area contributed by atoms with Crippen LogP contribution in [0.25, 0.3) is 0 Å². The van der Waals surface area contributed by atoms with Gasteiger partial charge in [-0.05, 0) is 43.7 Å². The van der Waals surface area contributed by atoms with Gasteiger partial charge >= 0.3 is 0 Å². The van der Waals surface area contributed by atoms with Crippen molar-refractivity contribution in [3.05, 3.63) is 30.3 Å². The molecule has 1 saturated heterocycles. The molecule has 1 aliphatic carbocycles. The van der Waals surface area contributed by atoms with E-state index in [2.05, 4.69) is 0 Å². The molecule has 1 aromatic carbocycles. The standard InChI is InChI=1S/C17H23NO3S/c19-17(15-7-4-8-15)18-11-5-6-14(12-18)13-22(20,21)16-9-2-1-3-10-16/h1-3,9-10,14-15H,4-8,11-13H2. The average Bonchev–Trinajstić information content (AvgIpc) is 2.46. The van der Waals surface area contributed by atoms with Crippen LogP contribution in [-0.2, 0) is 14.6 Å². The number of hydrogen-bond donors (Lipinski definition) is 0. The number of piperidine rings is 1. The first kappa shape index (κ1) is 15.5. The highest BCUT2D eigenvalue weighted by Gasteiger charge is 2.33. The molecular weight excluding hydrogens is 298 g/mol. The molecule has 0 N–H and O–H groups in total. The largest absolute Gasteiger partial charge is 0.342 e. The molecule has 2 fully saturated rings. The molecule has 1 saturated carbocycles. The first-order chi connectivity index (χ1) is 10.6. The summed E-state index contributed by atoms with van der Waals surface area (Å²) >= 11 is 0. The molecule has 3 rings (SSSR count). The highest BCUT2D eigenvalue weighted by molar-refractivity contribution is 7.91. The molecule has 0 bridgehead atoms. The number of sulfone groups is 1. The third-order valence-corrected chi connectivity index (χ3v) is 6.74.